The number of ether oxygens (including phenoxy) is 2. The second-order valence-corrected chi connectivity index (χ2v) is 5.76. The number of carbonyl (C=O) groups excluding carboxylic acids is 1. The molecule has 1 unspecified atom stereocenters. The van der Waals surface area contributed by atoms with E-state index in [4.69, 9.17) is 9.47 Å². The molecule has 3 N–H and O–H groups in total. The maximum atomic E-state index is 12.5. The fraction of sp³-hybridized carbons (Fsp3) is 0.375. The highest BCUT2D eigenvalue weighted by molar-refractivity contribution is 5.94. The van der Waals surface area contributed by atoms with Gasteiger partial charge in [0, 0.05) is 30.8 Å². The van der Waals surface area contributed by atoms with Crippen LogP contribution < -0.4 is 20.1 Å². The van der Waals surface area contributed by atoms with Crippen LogP contribution >= 0.6 is 0 Å². The molecule has 2 aliphatic rings. The molecule has 2 aromatic rings. The number of benzene rings is 1. The highest BCUT2D eigenvalue weighted by Crippen LogP contribution is 2.34. The van der Waals surface area contributed by atoms with Gasteiger partial charge in [-0.1, -0.05) is 6.07 Å². The Kier molecular flexibility index (Phi) is 3.42. The number of hydrogen-bond donors (Lipinski definition) is 3. The topological polar surface area (TPSA) is 88.3 Å². The summed E-state index contributed by atoms with van der Waals surface area (Å²) in [5, 5.41) is 13.4. The lowest BCUT2D eigenvalue weighted by Crippen LogP contribution is -2.30. The smallest absolute Gasteiger partial charge is 0.272 e. The number of fused-ring (bicyclic) bond motifs is 2. The van der Waals surface area contributed by atoms with E-state index in [-0.39, 0.29) is 18.7 Å². The van der Waals surface area contributed by atoms with Gasteiger partial charge in [0.25, 0.3) is 5.91 Å². The predicted molar refractivity (Wildman–Crippen MR) is 82.4 cm³/mol. The number of H-pyrrole nitrogens is 1. The molecule has 1 atom stereocenters. The second-order valence-electron chi connectivity index (χ2n) is 5.76. The Hall–Kier alpha value is -2.54. The van der Waals surface area contributed by atoms with Crippen molar-refractivity contribution in [3.8, 4) is 11.5 Å². The number of aromatic amines is 1. The van der Waals surface area contributed by atoms with E-state index in [0.717, 1.165) is 35.5 Å². The summed E-state index contributed by atoms with van der Waals surface area (Å²) in [7, 11) is 0. The normalized spacial score (nSPS) is 16.7. The van der Waals surface area contributed by atoms with Crippen molar-refractivity contribution in [3.05, 3.63) is 40.7 Å². The van der Waals surface area contributed by atoms with Crippen molar-refractivity contribution < 1.29 is 14.3 Å². The summed E-state index contributed by atoms with van der Waals surface area (Å²) in [6, 6.07) is 5.54. The van der Waals surface area contributed by atoms with Crippen molar-refractivity contribution in [2.45, 2.75) is 25.9 Å². The lowest BCUT2D eigenvalue weighted by atomic mass is 10.1. The minimum absolute atomic E-state index is 0.152. The van der Waals surface area contributed by atoms with Gasteiger partial charge in [0.15, 0.2) is 17.2 Å². The molecule has 0 fully saturated rings. The lowest BCUT2D eigenvalue weighted by molar-refractivity contribution is 0.0933. The Bertz CT molecular complexity index is 756. The SMILES string of the molecule is CC(NC(=O)c1n[nH]c2c1CNCC2)c1ccc2c(c1)OCO2. The van der Waals surface area contributed by atoms with Crippen LogP contribution in [-0.2, 0) is 13.0 Å². The fourth-order valence-corrected chi connectivity index (χ4v) is 2.94. The zero-order valence-electron chi connectivity index (χ0n) is 12.8. The van der Waals surface area contributed by atoms with E-state index in [1.807, 2.05) is 25.1 Å². The number of nitrogens with zero attached hydrogens (tertiary/aromatic N) is 1. The van der Waals surface area contributed by atoms with Crippen LogP contribution in [-0.4, -0.2) is 29.4 Å². The van der Waals surface area contributed by atoms with Crippen LogP contribution in [0.3, 0.4) is 0 Å². The first kappa shape index (κ1) is 14.1. The highest BCUT2D eigenvalue weighted by atomic mass is 16.7. The molecule has 0 saturated carbocycles. The van der Waals surface area contributed by atoms with Crippen molar-refractivity contribution in [3.63, 3.8) is 0 Å². The molecule has 0 bridgehead atoms. The van der Waals surface area contributed by atoms with Crippen LogP contribution in [0.15, 0.2) is 18.2 Å². The van der Waals surface area contributed by atoms with Crippen LogP contribution in [0, 0.1) is 0 Å². The fourth-order valence-electron chi connectivity index (χ4n) is 2.94. The molecular weight excluding hydrogens is 296 g/mol. The maximum absolute atomic E-state index is 12.5. The summed E-state index contributed by atoms with van der Waals surface area (Å²) in [5.74, 6) is 1.28. The predicted octanol–water partition coefficient (Wildman–Crippen LogP) is 1.28. The largest absolute Gasteiger partial charge is 0.454 e. The molecule has 1 aromatic heterocycles. The number of amides is 1. The van der Waals surface area contributed by atoms with Crippen molar-refractivity contribution in [2.24, 2.45) is 0 Å². The summed E-state index contributed by atoms with van der Waals surface area (Å²) in [4.78, 5) is 12.5. The zero-order valence-corrected chi connectivity index (χ0v) is 12.8. The quantitative estimate of drug-likeness (QED) is 0.794. The van der Waals surface area contributed by atoms with Crippen molar-refractivity contribution >= 4 is 5.91 Å². The summed E-state index contributed by atoms with van der Waals surface area (Å²) in [6.07, 6.45) is 0.868. The van der Waals surface area contributed by atoms with Gasteiger partial charge in [-0.15, -0.1) is 0 Å². The van der Waals surface area contributed by atoms with Gasteiger partial charge in [0.05, 0.1) is 6.04 Å². The first-order chi connectivity index (χ1) is 11.2. The molecule has 7 nitrogen and oxygen atoms in total. The third-order valence-electron chi connectivity index (χ3n) is 4.27. The Morgan fingerprint density at radius 2 is 2.22 bits per heavy atom. The minimum Gasteiger partial charge on any atom is -0.454 e. The van der Waals surface area contributed by atoms with E-state index < -0.39 is 0 Å². The van der Waals surface area contributed by atoms with Gasteiger partial charge in [0.1, 0.15) is 0 Å². The van der Waals surface area contributed by atoms with Gasteiger partial charge >= 0.3 is 0 Å². The summed E-state index contributed by atoms with van der Waals surface area (Å²) in [6.45, 7) is 3.76. The van der Waals surface area contributed by atoms with Crippen molar-refractivity contribution in [2.75, 3.05) is 13.3 Å². The van der Waals surface area contributed by atoms with E-state index in [1.54, 1.807) is 0 Å². The van der Waals surface area contributed by atoms with Gasteiger partial charge in [-0.3, -0.25) is 9.89 Å². The average molecular weight is 314 g/mol. The molecule has 3 heterocycles. The van der Waals surface area contributed by atoms with Gasteiger partial charge < -0.3 is 20.1 Å². The summed E-state index contributed by atoms with van der Waals surface area (Å²) >= 11 is 0. The van der Waals surface area contributed by atoms with Crippen molar-refractivity contribution in [1.82, 2.24) is 20.8 Å². The van der Waals surface area contributed by atoms with Crippen LogP contribution in [0.2, 0.25) is 0 Å². The third kappa shape index (κ3) is 2.53. The van der Waals surface area contributed by atoms with E-state index in [9.17, 15) is 4.79 Å². The van der Waals surface area contributed by atoms with Crippen LogP contribution in [0.1, 0.15) is 40.3 Å². The Balaban J connectivity index is 1.51. The number of hydrogen-bond acceptors (Lipinski definition) is 5. The second kappa shape index (κ2) is 5.58. The summed E-state index contributed by atoms with van der Waals surface area (Å²) < 4.78 is 10.7. The van der Waals surface area contributed by atoms with E-state index in [1.165, 1.54) is 0 Å². The average Bonchev–Trinajstić information content (AvgIpc) is 3.20. The molecule has 7 heteroatoms. The molecule has 23 heavy (non-hydrogen) atoms. The first-order valence-electron chi connectivity index (χ1n) is 7.69. The molecule has 1 aromatic carbocycles. The first-order valence-corrected chi connectivity index (χ1v) is 7.69. The molecule has 0 spiro atoms. The Morgan fingerprint density at radius 1 is 1.35 bits per heavy atom. The molecular formula is C16H18N4O3. The Labute approximate surface area is 133 Å². The van der Waals surface area contributed by atoms with E-state index in [0.29, 0.717) is 18.0 Å². The van der Waals surface area contributed by atoms with Crippen LogP contribution in [0.4, 0.5) is 0 Å². The molecule has 2 aliphatic heterocycles. The standard InChI is InChI=1S/C16H18N4O3/c1-9(10-2-3-13-14(6-10)23-8-22-13)18-16(21)15-11-7-17-5-4-12(11)19-20-15/h2-3,6,9,17H,4-5,7-8H2,1H3,(H,18,21)(H,19,20). The molecule has 1 amide bonds. The lowest BCUT2D eigenvalue weighted by Gasteiger charge is -2.16. The monoisotopic (exact) mass is 314 g/mol. The number of carbonyl (C=O) groups is 1. The summed E-state index contributed by atoms with van der Waals surface area (Å²) in [5.41, 5.74) is 3.45. The highest BCUT2D eigenvalue weighted by Gasteiger charge is 2.23. The molecule has 0 saturated heterocycles. The molecule has 0 aliphatic carbocycles. The number of aromatic nitrogens is 2. The minimum atomic E-state index is -0.170. The Morgan fingerprint density at radius 3 is 3.13 bits per heavy atom. The van der Waals surface area contributed by atoms with E-state index >= 15 is 0 Å². The van der Waals surface area contributed by atoms with Gasteiger partial charge in [-0.05, 0) is 24.6 Å². The maximum Gasteiger partial charge on any atom is 0.272 e. The molecule has 0 radical (unpaired) electrons. The van der Waals surface area contributed by atoms with Crippen molar-refractivity contribution in [1.29, 1.82) is 0 Å². The number of rotatable bonds is 3. The number of nitrogens with one attached hydrogen (secondary N) is 3. The van der Waals surface area contributed by atoms with E-state index in [2.05, 4.69) is 20.8 Å². The third-order valence-corrected chi connectivity index (χ3v) is 4.27. The molecule has 4 rings (SSSR count). The van der Waals surface area contributed by atoms with Gasteiger partial charge in [0.2, 0.25) is 6.79 Å². The van der Waals surface area contributed by atoms with Crippen LogP contribution in [0.25, 0.3) is 0 Å². The zero-order chi connectivity index (χ0) is 15.8. The van der Waals surface area contributed by atoms with Crippen LogP contribution in [0.5, 0.6) is 11.5 Å². The van der Waals surface area contributed by atoms with Gasteiger partial charge in [-0.2, -0.15) is 5.10 Å². The van der Waals surface area contributed by atoms with Gasteiger partial charge in [-0.25, -0.2) is 0 Å². The molecule has 120 valence electrons.